The number of alkyl halides is 4. The Hall–Kier alpha value is -3.68. The predicted molar refractivity (Wildman–Crippen MR) is 111 cm³/mol. The summed E-state index contributed by atoms with van der Waals surface area (Å²) in [4.78, 5) is 20.9. The topological polar surface area (TPSA) is 99.4 Å². The molecule has 0 aliphatic carbocycles. The monoisotopic (exact) mass is 516 g/mol. The summed E-state index contributed by atoms with van der Waals surface area (Å²) in [7, 11) is 0. The molecule has 1 aliphatic rings. The minimum atomic E-state index is -3.06. The van der Waals surface area contributed by atoms with Crippen LogP contribution in [0.4, 0.5) is 32.0 Å². The molecule has 192 valence electrons. The van der Waals surface area contributed by atoms with Crippen LogP contribution < -0.4 is 10.1 Å². The average Bonchev–Trinajstić information content (AvgIpc) is 3.29. The van der Waals surface area contributed by atoms with Crippen LogP contribution in [-0.2, 0) is 4.74 Å². The lowest BCUT2D eigenvalue weighted by atomic mass is 10.00. The van der Waals surface area contributed by atoms with E-state index in [0.717, 1.165) is 37.5 Å². The molecule has 4 rings (SSSR count). The second kappa shape index (κ2) is 10.1. The molecule has 0 bridgehead atoms. The number of nitrogens with one attached hydrogen (secondary N) is 1. The van der Waals surface area contributed by atoms with Crippen LogP contribution in [0.2, 0.25) is 0 Å². The Labute approximate surface area is 199 Å². The van der Waals surface area contributed by atoms with Crippen LogP contribution in [0.3, 0.4) is 0 Å². The zero-order valence-corrected chi connectivity index (χ0v) is 18.5. The van der Waals surface area contributed by atoms with E-state index >= 15 is 0 Å². The largest absolute Gasteiger partial charge is 0.466 e. The third-order valence-electron chi connectivity index (χ3n) is 5.25. The van der Waals surface area contributed by atoms with Crippen molar-refractivity contribution < 1.29 is 45.1 Å². The molecule has 1 amide bonds. The number of nitrogens with zero attached hydrogens (tertiary/aromatic N) is 3. The molecule has 3 heterocycles. The zero-order valence-electron chi connectivity index (χ0n) is 18.5. The van der Waals surface area contributed by atoms with E-state index < -0.39 is 66.8 Å². The Bertz CT molecular complexity index is 1250. The zero-order chi connectivity index (χ0) is 26.0. The smallest absolute Gasteiger partial charge is 0.294 e. The maximum absolute atomic E-state index is 14.6. The van der Waals surface area contributed by atoms with Gasteiger partial charge in [0.1, 0.15) is 36.4 Å². The maximum Gasteiger partial charge on any atom is 0.294 e. The van der Waals surface area contributed by atoms with Crippen LogP contribution in [-0.4, -0.2) is 46.1 Å². The average molecular weight is 516 g/mol. The summed E-state index contributed by atoms with van der Waals surface area (Å²) in [5.74, 6) is -6.63. The van der Waals surface area contributed by atoms with E-state index in [9.17, 15) is 31.1 Å². The van der Waals surface area contributed by atoms with Gasteiger partial charge in [0, 0.05) is 12.0 Å². The highest BCUT2D eigenvalue weighted by Crippen LogP contribution is 2.40. The van der Waals surface area contributed by atoms with Gasteiger partial charge in [-0.2, -0.15) is 0 Å². The third-order valence-corrected chi connectivity index (χ3v) is 5.25. The number of ether oxygens (including phenoxy) is 2. The van der Waals surface area contributed by atoms with E-state index in [1.165, 1.54) is 0 Å². The van der Waals surface area contributed by atoms with Gasteiger partial charge in [-0.1, -0.05) is 0 Å². The first-order valence-electron chi connectivity index (χ1n) is 10.6. The summed E-state index contributed by atoms with van der Waals surface area (Å²) in [6.45, 7) is 0.171. The van der Waals surface area contributed by atoms with Crippen molar-refractivity contribution in [2.45, 2.75) is 44.3 Å². The quantitative estimate of drug-likeness (QED) is 0.432. The molecule has 2 aromatic heterocycles. The van der Waals surface area contributed by atoms with Crippen molar-refractivity contribution in [3.63, 3.8) is 0 Å². The third kappa shape index (κ3) is 5.58. The minimum absolute atomic E-state index is 0.0603. The Morgan fingerprint density at radius 3 is 2.69 bits per heavy atom. The van der Waals surface area contributed by atoms with E-state index in [2.05, 4.69) is 20.4 Å². The van der Waals surface area contributed by atoms with Crippen LogP contribution in [0.15, 0.2) is 35.1 Å². The minimum Gasteiger partial charge on any atom is -0.466 e. The molecule has 2 unspecified atom stereocenters. The Kier molecular flexibility index (Phi) is 7.15. The van der Waals surface area contributed by atoms with E-state index in [0.29, 0.717) is 0 Å². The van der Waals surface area contributed by atoms with E-state index in [1.54, 1.807) is 0 Å². The van der Waals surface area contributed by atoms with Gasteiger partial charge >= 0.3 is 0 Å². The van der Waals surface area contributed by atoms with Crippen molar-refractivity contribution in [3.8, 4) is 17.1 Å². The molecule has 8 nitrogen and oxygen atoms in total. The molecule has 1 saturated heterocycles. The molecule has 1 N–H and O–H groups in total. The number of halogens is 6. The van der Waals surface area contributed by atoms with Crippen molar-refractivity contribution in [3.05, 3.63) is 53.7 Å². The van der Waals surface area contributed by atoms with Crippen LogP contribution in [0.5, 0.6) is 5.88 Å². The van der Waals surface area contributed by atoms with Gasteiger partial charge in [-0.25, -0.2) is 36.3 Å². The lowest BCUT2D eigenvalue weighted by Crippen LogP contribution is -2.31. The summed E-state index contributed by atoms with van der Waals surface area (Å²) < 4.78 is 96.1. The molecular weight excluding hydrogens is 498 g/mol. The number of carbonyl (C=O) groups excluding carboxylic acids is 1. The van der Waals surface area contributed by atoms with E-state index in [1.807, 2.05) is 0 Å². The fourth-order valence-electron chi connectivity index (χ4n) is 3.42. The maximum atomic E-state index is 14.6. The van der Waals surface area contributed by atoms with Crippen LogP contribution in [0.25, 0.3) is 11.3 Å². The first-order valence-corrected chi connectivity index (χ1v) is 10.6. The van der Waals surface area contributed by atoms with Crippen molar-refractivity contribution in [2.24, 2.45) is 0 Å². The number of aromatic nitrogens is 3. The molecule has 0 radical (unpaired) electrons. The molecule has 36 heavy (non-hydrogen) atoms. The molecule has 0 spiro atoms. The van der Waals surface area contributed by atoms with Gasteiger partial charge in [-0.15, -0.1) is 0 Å². The standard InChI is InChI=1S/C22H18F6N4O4/c1-10(20(25)26)35-16-7-15(36-32-16)21(33)31-19-17(12-6-11(23)2-3-13(12)24)29-9-30-18(19)14-4-5-22(27,28)8-34-14/h2-3,6-7,9-10,14,20H,4-5,8H2,1H3,(H,31,33). The summed E-state index contributed by atoms with van der Waals surface area (Å²) in [5, 5.41) is 5.79. The normalized spacial score (nSPS) is 18.2. The van der Waals surface area contributed by atoms with E-state index in [-0.39, 0.29) is 29.1 Å². The van der Waals surface area contributed by atoms with Crippen molar-refractivity contribution in [1.82, 2.24) is 15.1 Å². The fraction of sp³-hybridized carbons (Fsp3) is 0.364. The predicted octanol–water partition coefficient (Wildman–Crippen LogP) is 5.18. The molecule has 1 fully saturated rings. The Morgan fingerprint density at radius 1 is 1.22 bits per heavy atom. The molecule has 14 heteroatoms. The SMILES string of the molecule is CC(Oc1cc(C(=O)Nc2c(-c3cc(F)ccc3F)ncnc2C2CCC(F)(F)CO2)on1)C(F)F. The van der Waals surface area contributed by atoms with Gasteiger partial charge in [0.2, 0.25) is 5.76 Å². The fourth-order valence-corrected chi connectivity index (χ4v) is 3.42. The number of carbonyl (C=O) groups is 1. The van der Waals surface area contributed by atoms with Crippen molar-refractivity contribution >= 4 is 11.6 Å². The number of anilines is 1. The molecule has 0 saturated carbocycles. The lowest BCUT2D eigenvalue weighted by molar-refractivity contribution is -0.146. The van der Waals surface area contributed by atoms with Crippen LogP contribution in [0.1, 0.15) is 42.1 Å². The van der Waals surface area contributed by atoms with Crippen LogP contribution >= 0.6 is 0 Å². The summed E-state index contributed by atoms with van der Waals surface area (Å²) in [6.07, 6.45) is -5.13. The number of hydrogen-bond donors (Lipinski definition) is 1. The Morgan fingerprint density at radius 2 is 2.00 bits per heavy atom. The second-order valence-electron chi connectivity index (χ2n) is 7.94. The summed E-state index contributed by atoms with van der Waals surface area (Å²) in [6, 6.07) is 3.50. The van der Waals surface area contributed by atoms with Gasteiger partial charge in [0.15, 0.2) is 6.10 Å². The van der Waals surface area contributed by atoms with Crippen molar-refractivity contribution in [2.75, 3.05) is 11.9 Å². The Balaban J connectivity index is 1.70. The van der Waals surface area contributed by atoms with Gasteiger partial charge in [-0.3, -0.25) is 4.79 Å². The molecule has 3 aromatic rings. The van der Waals surface area contributed by atoms with Gasteiger partial charge in [-0.05, 0) is 36.7 Å². The highest BCUT2D eigenvalue weighted by Gasteiger charge is 2.38. The van der Waals surface area contributed by atoms with Gasteiger partial charge in [0.05, 0.1) is 17.4 Å². The number of amides is 1. The van der Waals surface area contributed by atoms with Gasteiger partial charge in [0.25, 0.3) is 24.1 Å². The van der Waals surface area contributed by atoms with Crippen molar-refractivity contribution in [1.29, 1.82) is 0 Å². The molecule has 1 aromatic carbocycles. The molecule has 2 atom stereocenters. The summed E-state index contributed by atoms with van der Waals surface area (Å²) in [5.41, 5.74) is -0.909. The molecule has 1 aliphatic heterocycles. The first-order chi connectivity index (χ1) is 17.0. The van der Waals surface area contributed by atoms with Gasteiger partial charge < -0.3 is 19.3 Å². The molecular formula is C22H18F6N4O4. The van der Waals surface area contributed by atoms with Crippen LogP contribution in [0, 0.1) is 11.6 Å². The number of rotatable bonds is 7. The highest BCUT2D eigenvalue weighted by atomic mass is 19.3. The summed E-state index contributed by atoms with van der Waals surface area (Å²) >= 11 is 0. The number of hydrogen-bond acceptors (Lipinski definition) is 7. The number of benzene rings is 1. The lowest BCUT2D eigenvalue weighted by Gasteiger charge is -2.29. The van der Waals surface area contributed by atoms with E-state index in [4.69, 9.17) is 14.0 Å². The first kappa shape index (κ1) is 25.4. The second-order valence-corrected chi connectivity index (χ2v) is 7.94. The highest BCUT2D eigenvalue weighted by molar-refractivity contribution is 6.04.